The number of nitrogens with one attached hydrogen (secondary N) is 1. The maximum atomic E-state index is 11.3. The van der Waals surface area contributed by atoms with Gasteiger partial charge >= 0.3 is 5.97 Å². The topological polar surface area (TPSA) is 93.6 Å². The number of aromatic carboxylic acids is 1. The van der Waals surface area contributed by atoms with Crippen molar-refractivity contribution in [2.75, 3.05) is 18.5 Å². The molecule has 0 atom stereocenters. The molecule has 2 aromatic heterocycles. The maximum absolute atomic E-state index is 11.3. The lowest BCUT2D eigenvalue weighted by Gasteiger charge is -2.19. The minimum absolute atomic E-state index is 0.188. The molecule has 0 spiro atoms. The molecule has 0 fully saturated rings. The summed E-state index contributed by atoms with van der Waals surface area (Å²) in [4.78, 5) is 20.2. The van der Waals surface area contributed by atoms with E-state index in [4.69, 9.17) is 9.47 Å². The van der Waals surface area contributed by atoms with Gasteiger partial charge in [0.15, 0.2) is 11.5 Å². The predicted octanol–water partition coefficient (Wildman–Crippen LogP) is 4.00. The Morgan fingerprint density at radius 2 is 1.82 bits per heavy atom. The molecule has 0 amide bonds. The molecule has 2 N–H and O–H groups in total. The van der Waals surface area contributed by atoms with Crippen LogP contribution in [0, 0.1) is 0 Å². The van der Waals surface area contributed by atoms with Crippen molar-refractivity contribution in [3.63, 3.8) is 0 Å². The summed E-state index contributed by atoms with van der Waals surface area (Å²) >= 11 is 0. The second kappa shape index (κ2) is 6.38. The van der Waals surface area contributed by atoms with Crippen molar-refractivity contribution in [3.05, 3.63) is 60.4 Å². The molecule has 0 saturated heterocycles. The van der Waals surface area contributed by atoms with E-state index in [0.717, 1.165) is 21.8 Å². The van der Waals surface area contributed by atoms with Crippen LogP contribution in [0.1, 0.15) is 10.4 Å². The third-order valence-electron chi connectivity index (χ3n) is 4.65. The van der Waals surface area contributed by atoms with Crippen LogP contribution >= 0.6 is 0 Å². The third kappa shape index (κ3) is 2.73. The van der Waals surface area contributed by atoms with Crippen LogP contribution in [-0.2, 0) is 0 Å². The van der Waals surface area contributed by atoms with Crippen LogP contribution in [0.25, 0.3) is 21.7 Å². The quantitative estimate of drug-likeness (QED) is 0.524. The Hall–Kier alpha value is -3.87. The number of aromatic nitrogens is 2. The van der Waals surface area contributed by atoms with Gasteiger partial charge in [-0.15, -0.1) is 0 Å². The van der Waals surface area contributed by atoms with Crippen LogP contribution in [0.3, 0.4) is 0 Å². The zero-order chi connectivity index (χ0) is 19.1. The Morgan fingerprint density at radius 1 is 0.964 bits per heavy atom. The summed E-state index contributed by atoms with van der Waals surface area (Å²) in [5, 5.41) is 15.2. The number of hydrogen-bond acceptors (Lipinski definition) is 6. The highest BCUT2D eigenvalue weighted by molar-refractivity contribution is 6.11. The van der Waals surface area contributed by atoms with Gasteiger partial charge < -0.3 is 19.9 Å². The molecule has 0 radical (unpaired) electrons. The van der Waals surface area contributed by atoms with Crippen LogP contribution in [0.4, 0.5) is 11.5 Å². The van der Waals surface area contributed by atoms with E-state index in [1.54, 1.807) is 30.6 Å². The van der Waals surface area contributed by atoms with E-state index in [-0.39, 0.29) is 5.56 Å². The van der Waals surface area contributed by atoms with Gasteiger partial charge in [-0.25, -0.2) is 9.78 Å². The van der Waals surface area contributed by atoms with Crippen molar-refractivity contribution in [2.24, 2.45) is 0 Å². The molecule has 0 aliphatic carbocycles. The Morgan fingerprint density at radius 3 is 2.68 bits per heavy atom. The second-order valence-electron chi connectivity index (χ2n) is 6.40. The zero-order valence-corrected chi connectivity index (χ0v) is 14.7. The summed E-state index contributed by atoms with van der Waals surface area (Å²) in [7, 11) is 0. The lowest BCUT2D eigenvalue weighted by molar-refractivity contribution is 0.0697. The summed E-state index contributed by atoms with van der Waals surface area (Å²) in [6, 6.07) is 12.4. The van der Waals surface area contributed by atoms with Gasteiger partial charge in [-0.3, -0.25) is 4.98 Å². The molecular weight excluding hydrogens is 358 g/mol. The van der Waals surface area contributed by atoms with Crippen LogP contribution in [-0.4, -0.2) is 34.3 Å². The fourth-order valence-corrected chi connectivity index (χ4v) is 3.33. The van der Waals surface area contributed by atoms with Crippen molar-refractivity contribution in [1.29, 1.82) is 0 Å². The maximum Gasteiger partial charge on any atom is 0.335 e. The van der Waals surface area contributed by atoms with Gasteiger partial charge in [0.2, 0.25) is 0 Å². The van der Waals surface area contributed by atoms with E-state index in [9.17, 15) is 9.90 Å². The summed E-state index contributed by atoms with van der Waals surface area (Å²) in [6.45, 7) is 1.05. The number of fused-ring (bicyclic) bond motifs is 4. The average Bonchev–Trinajstić information content (AvgIpc) is 2.73. The first-order valence-electron chi connectivity index (χ1n) is 8.76. The van der Waals surface area contributed by atoms with Gasteiger partial charge in [-0.1, -0.05) is 6.07 Å². The van der Waals surface area contributed by atoms with Gasteiger partial charge in [0.05, 0.1) is 11.1 Å². The van der Waals surface area contributed by atoms with Crippen molar-refractivity contribution in [3.8, 4) is 11.5 Å². The smallest absolute Gasteiger partial charge is 0.335 e. The number of hydrogen-bond donors (Lipinski definition) is 2. The van der Waals surface area contributed by atoms with Gasteiger partial charge in [0, 0.05) is 40.3 Å². The number of nitrogens with zero attached hydrogens (tertiary/aromatic N) is 2. The van der Waals surface area contributed by atoms with E-state index in [1.807, 2.05) is 24.3 Å². The fraction of sp³-hybridized carbons (Fsp3) is 0.0952. The molecule has 0 bridgehead atoms. The van der Waals surface area contributed by atoms with Crippen molar-refractivity contribution in [1.82, 2.24) is 9.97 Å². The van der Waals surface area contributed by atoms with Crippen molar-refractivity contribution < 1.29 is 19.4 Å². The van der Waals surface area contributed by atoms with Crippen molar-refractivity contribution in [2.45, 2.75) is 0 Å². The van der Waals surface area contributed by atoms with E-state index in [1.165, 1.54) is 0 Å². The number of carboxylic acid groups (broad SMARTS) is 1. The molecule has 138 valence electrons. The summed E-state index contributed by atoms with van der Waals surface area (Å²) in [5.74, 6) is 1.01. The van der Waals surface area contributed by atoms with E-state index < -0.39 is 5.97 Å². The van der Waals surface area contributed by atoms with Crippen LogP contribution in [0.2, 0.25) is 0 Å². The summed E-state index contributed by atoms with van der Waals surface area (Å²) < 4.78 is 11.2. The standard InChI is InChI=1S/C21H15N3O4/c25-21(26)12-1-3-14-16-11-22-6-5-15(16)20(24-17(14)9-12)23-13-2-4-18-19(10-13)28-8-7-27-18/h1-6,9-11H,7-8H2,(H,23,24)(H,25,26). The number of carboxylic acids is 1. The highest BCUT2D eigenvalue weighted by Crippen LogP contribution is 2.35. The first-order chi connectivity index (χ1) is 13.7. The number of ether oxygens (including phenoxy) is 2. The number of benzene rings is 2. The Labute approximate surface area is 159 Å². The van der Waals surface area contributed by atoms with Gasteiger partial charge in [0.25, 0.3) is 0 Å². The molecular formula is C21H15N3O4. The first-order valence-corrected chi connectivity index (χ1v) is 8.76. The van der Waals surface area contributed by atoms with Crippen LogP contribution < -0.4 is 14.8 Å². The number of rotatable bonds is 3. The molecule has 28 heavy (non-hydrogen) atoms. The summed E-state index contributed by atoms with van der Waals surface area (Å²) in [5.41, 5.74) is 1.57. The number of pyridine rings is 2. The zero-order valence-electron chi connectivity index (χ0n) is 14.7. The average molecular weight is 373 g/mol. The molecule has 0 saturated carbocycles. The molecule has 2 aromatic carbocycles. The van der Waals surface area contributed by atoms with E-state index >= 15 is 0 Å². The number of anilines is 2. The molecule has 1 aliphatic heterocycles. The minimum Gasteiger partial charge on any atom is -0.486 e. The van der Waals surface area contributed by atoms with Gasteiger partial charge in [0.1, 0.15) is 19.0 Å². The normalized spacial score (nSPS) is 12.9. The van der Waals surface area contributed by atoms with Crippen molar-refractivity contribution >= 4 is 39.1 Å². The summed E-state index contributed by atoms with van der Waals surface area (Å²) in [6.07, 6.45) is 3.46. The lowest BCUT2D eigenvalue weighted by atomic mass is 10.1. The minimum atomic E-state index is -0.990. The second-order valence-corrected chi connectivity index (χ2v) is 6.40. The largest absolute Gasteiger partial charge is 0.486 e. The Kier molecular flexibility index (Phi) is 3.72. The van der Waals surface area contributed by atoms with E-state index in [0.29, 0.717) is 36.0 Å². The monoisotopic (exact) mass is 373 g/mol. The molecule has 1 aliphatic rings. The molecule has 5 rings (SSSR count). The Bertz CT molecular complexity index is 1240. The number of carbonyl (C=O) groups is 1. The first kappa shape index (κ1) is 16.3. The highest BCUT2D eigenvalue weighted by Gasteiger charge is 2.14. The predicted molar refractivity (Wildman–Crippen MR) is 105 cm³/mol. The molecule has 0 unspecified atom stereocenters. The fourth-order valence-electron chi connectivity index (χ4n) is 3.33. The van der Waals surface area contributed by atoms with Crippen LogP contribution in [0.15, 0.2) is 54.9 Å². The Balaban J connectivity index is 1.66. The SMILES string of the molecule is O=C(O)c1ccc2c(c1)nc(Nc1ccc3c(c1)OCCO3)c1ccncc12. The third-order valence-corrected chi connectivity index (χ3v) is 4.65. The molecule has 4 aromatic rings. The van der Waals surface area contributed by atoms with Gasteiger partial charge in [-0.05, 0) is 30.3 Å². The highest BCUT2D eigenvalue weighted by atomic mass is 16.6. The van der Waals surface area contributed by atoms with Gasteiger partial charge in [-0.2, -0.15) is 0 Å². The lowest BCUT2D eigenvalue weighted by Crippen LogP contribution is -2.15. The molecule has 7 nitrogen and oxygen atoms in total. The van der Waals surface area contributed by atoms with Crippen LogP contribution in [0.5, 0.6) is 11.5 Å². The molecule has 3 heterocycles. The molecule has 7 heteroatoms. The van der Waals surface area contributed by atoms with E-state index in [2.05, 4.69) is 15.3 Å².